The van der Waals surface area contributed by atoms with E-state index in [2.05, 4.69) is 109 Å². The minimum absolute atomic E-state index is 0.0476. The van der Waals surface area contributed by atoms with E-state index in [1.54, 1.807) is 9.13 Å². The van der Waals surface area contributed by atoms with E-state index in [0.29, 0.717) is 24.0 Å². The van der Waals surface area contributed by atoms with Crippen LogP contribution in [0.1, 0.15) is 204 Å². The number of aryl methyl sites for hydroxylation is 4. The van der Waals surface area contributed by atoms with E-state index in [1.165, 1.54) is 64.2 Å². The first-order valence-electron chi connectivity index (χ1n) is 30.3. The Morgan fingerprint density at radius 2 is 0.863 bits per heavy atom. The fraction of sp³-hybridized carbons (Fsp3) is 0.677. The number of aromatic nitrogens is 8. The van der Waals surface area contributed by atoms with Crippen LogP contribution in [0.15, 0.2) is 58.4 Å². The van der Waals surface area contributed by atoms with Gasteiger partial charge in [-0.05, 0) is 89.4 Å². The lowest BCUT2D eigenvalue weighted by Crippen LogP contribution is -2.47. The summed E-state index contributed by atoms with van der Waals surface area (Å²) in [4.78, 5) is 82.5. The van der Waals surface area contributed by atoms with Crippen molar-refractivity contribution in [2.75, 3.05) is 75.2 Å². The molecule has 440 valence electrons. The predicted molar refractivity (Wildman–Crippen MR) is 318 cm³/mol. The molecule has 2 aliphatic carbocycles. The largest absolute Gasteiger partial charge is 0.478 e. The van der Waals surface area contributed by atoms with Gasteiger partial charge in [0.2, 0.25) is 0 Å². The minimum atomic E-state index is -1.26. The Kier molecular flexibility index (Phi) is 24.8. The number of anilines is 2. The van der Waals surface area contributed by atoms with Gasteiger partial charge in [0, 0.05) is 136 Å². The molecule has 80 heavy (non-hydrogen) atoms. The molecule has 0 spiro atoms. The maximum absolute atomic E-state index is 12.5. The Morgan fingerprint density at radius 1 is 0.512 bits per heavy atom. The number of hydrogen-bond donors (Lipinski definition) is 2. The second kappa shape index (κ2) is 31.4. The molecule has 6 heterocycles. The molecule has 2 aliphatic heterocycles. The van der Waals surface area contributed by atoms with Crippen molar-refractivity contribution in [1.29, 1.82) is 0 Å². The lowest BCUT2D eigenvalue weighted by molar-refractivity contribution is -0.134. The van der Waals surface area contributed by atoms with Crippen LogP contribution in [0.4, 0.5) is 11.6 Å². The van der Waals surface area contributed by atoms with Crippen molar-refractivity contribution in [3.05, 3.63) is 104 Å². The van der Waals surface area contributed by atoms with Crippen LogP contribution in [0.2, 0.25) is 0 Å². The topological polar surface area (TPSA) is 209 Å². The minimum Gasteiger partial charge on any atom is -0.478 e. The third-order valence-corrected chi connectivity index (χ3v) is 15.7. The molecule has 2 N–H and O–H groups in total. The quantitative estimate of drug-likeness (QED) is 0.0624. The maximum Gasteiger partial charge on any atom is 0.347 e. The Morgan fingerprint density at radius 3 is 1.18 bits per heavy atom. The fourth-order valence-corrected chi connectivity index (χ4v) is 11.0. The average molecular weight is 1110 g/mol. The number of piperazine rings is 2. The highest BCUT2D eigenvalue weighted by atomic mass is 16.4. The van der Waals surface area contributed by atoms with Crippen LogP contribution in [0.25, 0.3) is 0 Å². The summed E-state index contributed by atoms with van der Waals surface area (Å²) in [6.45, 7) is 29.4. The zero-order valence-corrected chi connectivity index (χ0v) is 49.9. The van der Waals surface area contributed by atoms with E-state index in [1.807, 2.05) is 12.4 Å². The molecule has 4 aromatic rings. The van der Waals surface area contributed by atoms with Crippen LogP contribution in [0.5, 0.6) is 0 Å². The van der Waals surface area contributed by atoms with Crippen LogP contribution in [0, 0.1) is 0 Å². The highest BCUT2D eigenvalue weighted by Crippen LogP contribution is 2.32. The van der Waals surface area contributed by atoms with Crippen molar-refractivity contribution in [2.24, 2.45) is 0 Å². The molecule has 2 saturated carbocycles. The number of nitrogens with zero attached hydrogens (tertiary/aromatic N) is 12. The van der Waals surface area contributed by atoms with Gasteiger partial charge in [0.15, 0.2) is 0 Å². The molecule has 4 fully saturated rings. The van der Waals surface area contributed by atoms with Gasteiger partial charge < -0.3 is 20.0 Å². The van der Waals surface area contributed by atoms with Crippen LogP contribution >= 0.6 is 0 Å². The second-order valence-corrected chi connectivity index (χ2v) is 24.5. The molecule has 0 radical (unpaired) electrons. The summed E-state index contributed by atoms with van der Waals surface area (Å²) in [6.07, 6.45) is 25.9. The van der Waals surface area contributed by atoms with Gasteiger partial charge in [-0.15, -0.1) is 0 Å². The number of carboxylic acids is 2. The van der Waals surface area contributed by atoms with Gasteiger partial charge in [0.1, 0.15) is 23.3 Å². The Balaban J connectivity index is 0.000000227. The number of carboxylic acid groups (broad SMARTS) is 2. The smallest absolute Gasteiger partial charge is 0.347 e. The summed E-state index contributed by atoms with van der Waals surface area (Å²) in [5.41, 5.74) is 4.09. The molecule has 4 aromatic heterocycles. The highest BCUT2D eigenvalue weighted by molar-refractivity contribution is 5.89. The standard InChI is InChI=1S/2C29H46N6O.C4H4O4/c2*1-5-11-24-22-26(32-27(30-24)29(2,3)4)34-20-18-33(19-21-34)15-9-10-16-35-17-14-25(31-28(35)36)23-12-7-6-8-13-23;5-3(6)1-2-4(7)8/h2*14,17,22-23H,5-13,15-16,18-21H2,1-4H3;1-2H,(H,5,6)(H,7,8)/b;;2-1+. The number of hydrogen-bond acceptors (Lipinski definition) is 14. The zero-order chi connectivity index (χ0) is 57.7. The van der Waals surface area contributed by atoms with Crippen molar-refractivity contribution >= 4 is 23.6 Å². The lowest BCUT2D eigenvalue weighted by atomic mass is 9.87. The first-order chi connectivity index (χ1) is 38.3. The monoisotopic (exact) mass is 1100 g/mol. The van der Waals surface area contributed by atoms with E-state index in [0.717, 1.165) is 176 Å². The number of aliphatic carboxylic acids is 2. The lowest BCUT2D eigenvalue weighted by Gasteiger charge is -2.36. The van der Waals surface area contributed by atoms with Gasteiger partial charge in [-0.2, -0.15) is 9.97 Å². The summed E-state index contributed by atoms with van der Waals surface area (Å²) >= 11 is 0. The van der Waals surface area contributed by atoms with E-state index in [4.69, 9.17) is 30.1 Å². The summed E-state index contributed by atoms with van der Waals surface area (Å²) < 4.78 is 3.58. The van der Waals surface area contributed by atoms with Crippen LogP contribution in [0.3, 0.4) is 0 Å². The van der Waals surface area contributed by atoms with Crippen LogP contribution in [-0.4, -0.2) is 136 Å². The van der Waals surface area contributed by atoms with Gasteiger partial charge in [-0.3, -0.25) is 18.9 Å². The van der Waals surface area contributed by atoms with Gasteiger partial charge in [0.05, 0.1) is 11.4 Å². The molecule has 0 amide bonds. The first-order valence-corrected chi connectivity index (χ1v) is 30.3. The first kappa shape index (κ1) is 63.3. The second-order valence-electron chi connectivity index (χ2n) is 24.5. The third-order valence-electron chi connectivity index (χ3n) is 15.7. The van der Waals surface area contributed by atoms with E-state index < -0.39 is 11.9 Å². The molecule has 18 heteroatoms. The summed E-state index contributed by atoms with van der Waals surface area (Å²) in [7, 11) is 0. The molecule has 0 bridgehead atoms. The van der Waals surface area contributed by atoms with Gasteiger partial charge in [0.25, 0.3) is 0 Å². The van der Waals surface area contributed by atoms with Crippen molar-refractivity contribution < 1.29 is 19.8 Å². The number of carbonyl (C=O) groups is 2. The highest BCUT2D eigenvalue weighted by Gasteiger charge is 2.26. The number of rotatable bonds is 20. The van der Waals surface area contributed by atoms with Crippen LogP contribution < -0.4 is 21.2 Å². The van der Waals surface area contributed by atoms with E-state index in [9.17, 15) is 19.2 Å². The molecular formula is C62H96N12O6. The van der Waals surface area contributed by atoms with Gasteiger partial charge in [-0.1, -0.05) is 107 Å². The molecule has 0 unspecified atom stereocenters. The van der Waals surface area contributed by atoms with E-state index in [-0.39, 0.29) is 22.2 Å². The normalized spacial score (nSPS) is 17.2. The van der Waals surface area contributed by atoms with Crippen molar-refractivity contribution in [2.45, 2.75) is 207 Å². The van der Waals surface area contributed by atoms with E-state index >= 15 is 0 Å². The molecule has 2 saturated heterocycles. The zero-order valence-electron chi connectivity index (χ0n) is 49.9. The molecule has 8 rings (SSSR count). The molecular weight excluding hydrogens is 1010 g/mol. The third kappa shape index (κ3) is 20.6. The average Bonchev–Trinajstić information content (AvgIpc) is 3.49. The molecule has 0 aromatic carbocycles. The Bertz CT molecular complexity index is 2520. The maximum atomic E-state index is 12.5. The summed E-state index contributed by atoms with van der Waals surface area (Å²) in [6, 6.07) is 8.56. The van der Waals surface area contributed by atoms with Crippen molar-refractivity contribution in [3.63, 3.8) is 0 Å². The molecule has 0 atom stereocenters. The SMILES string of the molecule is CCCc1cc(N2CCN(CCCCn3ccc(C4CCCCC4)nc3=O)CC2)nc(C(C)(C)C)n1.CCCc1cc(N2CCN(CCCCn3ccc(C4CCCCC4)nc3=O)CC2)nc(C(C)(C)C)n1.O=C(O)/C=C/C(=O)O. The van der Waals surface area contributed by atoms with Crippen LogP contribution in [-0.2, 0) is 46.4 Å². The van der Waals surface area contributed by atoms with Crippen molar-refractivity contribution in [1.82, 2.24) is 48.8 Å². The number of unbranched alkanes of at least 4 members (excludes halogenated alkanes) is 2. The van der Waals surface area contributed by atoms with Gasteiger partial charge >= 0.3 is 23.3 Å². The fourth-order valence-electron chi connectivity index (χ4n) is 11.0. The summed E-state index contributed by atoms with van der Waals surface area (Å²) in [5, 5.41) is 15.6. The summed E-state index contributed by atoms with van der Waals surface area (Å²) in [5.74, 6) is 2.52. The molecule has 4 aliphatic rings. The Hall–Kier alpha value is -5.88. The Labute approximate surface area is 476 Å². The van der Waals surface area contributed by atoms with Crippen molar-refractivity contribution in [3.8, 4) is 0 Å². The van der Waals surface area contributed by atoms with Gasteiger partial charge in [-0.25, -0.2) is 39.1 Å². The predicted octanol–water partition coefficient (Wildman–Crippen LogP) is 9.58. The molecule has 18 nitrogen and oxygen atoms in total.